The van der Waals surface area contributed by atoms with Crippen LogP contribution in [0.25, 0.3) is 0 Å². The molecule has 0 aromatic heterocycles. The van der Waals surface area contributed by atoms with Gasteiger partial charge in [0.25, 0.3) is 0 Å². The smallest absolute Gasteiger partial charge is 0.221 e. The number of nitrogens with one attached hydrogen (secondary N) is 2. The fourth-order valence-electron chi connectivity index (χ4n) is 3.98. The number of amides is 1. The molecule has 1 amide bonds. The number of benzene rings is 1. The maximum absolute atomic E-state index is 11.5. The van der Waals surface area contributed by atoms with Crippen molar-refractivity contribution in [3.05, 3.63) is 35.4 Å². The van der Waals surface area contributed by atoms with Gasteiger partial charge in [-0.15, -0.1) is 0 Å². The number of hydrogen-bond acceptors (Lipinski definition) is 5. The normalized spacial score (nSPS) is 17.5. The molecule has 0 aliphatic carbocycles. The topological polar surface area (TPSA) is 95.2 Å². The Morgan fingerprint density at radius 1 is 1.31 bits per heavy atom. The fraction of sp³-hybridized carbons (Fsp3) is 0.667. The number of aliphatic imine (C=N–C) groups is 1. The zero-order valence-corrected chi connectivity index (χ0v) is 20.1. The molecule has 1 atom stereocenters. The highest BCUT2D eigenvalue weighted by Crippen LogP contribution is 2.19. The number of methoxy groups -OCH3 is 1. The van der Waals surface area contributed by atoms with E-state index >= 15 is 0 Å². The third kappa shape index (κ3) is 9.97. The van der Waals surface area contributed by atoms with Crippen molar-refractivity contribution in [1.82, 2.24) is 20.4 Å². The highest BCUT2D eigenvalue weighted by Gasteiger charge is 2.23. The van der Waals surface area contributed by atoms with Crippen LogP contribution >= 0.6 is 0 Å². The van der Waals surface area contributed by atoms with Crippen LogP contribution in [-0.2, 0) is 22.6 Å². The Balaban J connectivity index is 1.84. The minimum Gasteiger partial charge on any atom is -0.385 e. The molecule has 0 saturated carbocycles. The fourth-order valence-corrected chi connectivity index (χ4v) is 3.98. The summed E-state index contributed by atoms with van der Waals surface area (Å²) < 4.78 is 5.11. The minimum absolute atomic E-state index is 0.0238. The van der Waals surface area contributed by atoms with E-state index in [4.69, 9.17) is 15.5 Å². The molecule has 4 N–H and O–H groups in total. The van der Waals surface area contributed by atoms with E-state index in [9.17, 15) is 4.79 Å². The summed E-state index contributed by atoms with van der Waals surface area (Å²) in [5, 5.41) is 6.74. The maximum atomic E-state index is 11.5. The molecule has 1 aliphatic heterocycles. The lowest BCUT2D eigenvalue weighted by atomic mass is 9.97. The van der Waals surface area contributed by atoms with E-state index in [0.29, 0.717) is 6.54 Å². The van der Waals surface area contributed by atoms with Crippen LogP contribution in [0.5, 0.6) is 0 Å². The molecule has 1 fully saturated rings. The van der Waals surface area contributed by atoms with Gasteiger partial charge >= 0.3 is 0 Å². The number of piperidine rings is 1. The molecular weight excluding hydrogens is 404 g/mol. The third-order valence-electron chi connectivity index (χ3n) is 5.74. The van der Waals surface area contributed by atoms with E-state index < -0.39 is 0 Å². The molecule has 1 saturated heterocycles. The highest BCUT2D eigenvalue weighted by atomic mass is 16.5. The molecule has 1 aliphatic rings. The van der Waals surface area contributed by atoms with Crippen LogP contribution in [0.4, 0.5) is 0 Å². The van der Waals surface area contributed by atoms with E-state index in [1.54, 1.807) is 7.11 Å². The summed E-state index contributed by atoms with van der Waals surface area (Å²) in [7, 11) is 3.87. The van der Waals surface area contributed by atoms with Crippen LogP contribution in [-0.4, -0.2) is 81.7 Å². The molecule has 1 aromatic carbocycles. The first-order valence-electron chi connectivity index (χ1n) is 11.8. The van der Waals surface area contributed by atoms with Crippen LogP contribution in [0.1, 0.15) is 37.3 Å². The van der Waals surface area contributed by atoms with E-state index in [-0.39, 0.29) is 11.8 Å². The quantitative estimate of drug-likeness (QED) is 0.241. The van der Waals surface area contributed by atoms with Crippen molar-refractivity contribution in [2.24, 2.45) is 16.6 Å². The molecular formula is C24H42N6O2. The molecule has 32 heavy (non-hydrogen) atoms. The van der Waals surface area contributed by atoms with Gasteiger partial charge in [0.1, 0.15) is 0 Å². The summed E-state index contributed by atoms with van der Waals surface area (Å²) in [6.45, 7) is 9.74. The van der Waals surface area contributed by atoms with Crippen molar-refractivity contribution in [2.75, 3.05) is 60.0 Å². The lowest BCUT2D eigenvalue weighted by Gasteiger charge is -2.31. The second-order valence-corrected chi connectivity index (χ2v) is 8.57. The van der Waals surface area contributed by atoms with Gasteiger partial charge in [0.2, 0.25) is 5.91 Å². The predicted octanol–water partition coefficient (Wildman–Crippen LogP) is 1.41. The van der Waals surface area contributed by atoms with Crippen molar-refractivity contribution < 1.29 is 9.53 Å². The summed E-state index contributed by atoms with van der Waals surface area (Å²) in [4.78, 5) is 20.9. The Labute approximate surface area is 193 Å². The van der Waals surface area contributed by atoms with Gasteiger partial charge < -0.3 is 26.0 Å². The van der Waals surface area contributed by atoms with Gasteiger partial charge in [-0.1, -0.05) is 24.3 Å². The second kappa shape index (κ2) is 14.8. The summed E-state index contributed by atoms with van der Waals surface area (Å²) in [6.07, 6.45) is 2.97. The predicted molar refractivity (Wildman–Crippen MR) is 130 cm³/mol. The molecule has 1 heterocycles. The molecule has 8 heteroatoms. The Hall–Kier alpha value is -2.16. The Morgan fingerprint density at radius 3 is 2.88 bits per heavy atom. The monoisotopic (exact) mass is 446 g/mol. The number of carbonyl (C=O) groups excluding carboxylic acids is 1. The molecule has 1 aromatic rings. The van der Waals surface area contributed by atoms with E-state index in [1.807, 2.05) is 0 Å². The number of carbonyl (C=O) groups is 1. The molecule has 0 radical (unpaired) electrons. The first kappa shape index (κ1) is 26.1. The first-order chi connectivity index (χ1) is 15.5. The molecule has 0 spiro atoms. The van der Waals surface area contributed by atoms with E-state index in [0.717, 1.165) is 77.6 Å². The number of primary amides is 1. The average molecular weight is 447 g/mol. The lowest BCUT2D eigenvalue weighted by molar-refractivity contribution is -0.123. The third-order valence-corrected chi connectivity index (χ3v) is 5.74. The Morgan fingerprint density at radius 2 is 2.12 bits per heavy atom. The summed E-state index contributed by atoms with van der Waals surface area (Å²) >= 11 is 0. The van der Waals surface area contributed by atoms with Gasteiger partial charge in [-0.25, -0.2) is 4.99 Å². The number of nitrogens with zero attached hydrogens (tertiary/aromatic N) is 3. The maximum Gasteiger partial charge on any atom is 0.221 e. The van der Waals surface area contributed by atoms with Crippen LogP contribution in [0.3, 0.4) is 0 Å². The summed E-state index contributed by atoms with van der Waals surface area (Å²) in [5.41, 5.74) is 7.95. The number of hydrogen-bond donors (Lipinski definition) is 3. The molecule has 0 bridgehead atoms. The lowest BCUT2D eigenvalue weighted by Crippen LogP contribution is -2.41. The van der Waals surface area contributed by atoms with Crippen molar-refractivity contribution in [1.29, 1.82) is 0 Å². The van der Waals surface area contributed by atoms with Crippen LogP contribution in [0, 0.1) is 5.92 Å². The van der Waals surface area contributed by atoms with Crippen molar-refractivity contribution in [3.8, 4) is 0 Å². The van der Waals surface area contributed by atoms with Crippen molar-refractivity contribution >= 4 is 11.9 Å². The highest BCUT2D eigenvalue weighted by molar-refractivity contribution is 5.79. The summed E-state index contributed by atoms with van der Waals surface area (Å²) in [6, 6.07) is 8.56. The van der Waals surface area contributed by atoms with E-state index in [2.05, 4.69) is 58.7 Å². The van der Waals surface area contributed by atoms with Crippen molar-refractivity contribution in [3.63, 3.8) is 0 Å². The van der Waals surface area contributed by atoms with Gasteiger partial charge in [-0.2, -0.15) is 0 Å². The number of likely N-dealkylation sites (tertiary alicyclic amines) is 1. The number of nitrogens with two attached hydrogens (primary N) is 1. The zero-order chi connectivity index (χ0) is 23.2. The standard InChI is InChI=1S/C24H42N6O2/c1-4-26-24(27-11-14-29(2)12-7-15-32-3)28-17-20-8-5-9-21(16-20)18-30-13-6-10-22(19-30)23(25)31/h5,8-9,16,22H,4,6-7,10-15,17-19H2,1-3H3,(H2,25,31)(H2,26,27,28). The first-order valence-corrected chi connectivity index (χ1v) is 11.8. The van der Waals surface area contributed by atoms with Gasteiger partial charge in [-0.05, 0) is 50.9 Å². The molecule has 2 rings (SSSR count). The Bertz CT molecular complexity index is 711. The van der Waals surface area contributed by atoms with Crippen molar-refractivity contribution in [2.45, 2.75) is 39.3 Å². The van der Waals surface area contributed by atoms with E-state index in [1.165, 1.54) is 11.1 Å². The molecule has 1 unspecified atom stereocenters. The number of likely N-dealkylation sites (N-methyl/N-ethyl adjacent to an activating group) is 1. The van der Waals surface area contributed by atoms with Crippen LogP contribution in [0.15, 0.2) is 29.3 Å². The van der Waals surface area contributed by atoms with Crippen LogP contribution < -0.4 is 16.4 Å². The van der Waals surface area contributed by atoms with Gasteiger partial charge in [0, 0.05) is 53.0 Å². The molecule has 180 valence electrons. The average Bonchev–Trinajstić information content (AvgIpc) is 2.78. The SMILES string of the molecule is CCNC(=NCc1cccc(CN2CCCC(C(N)=O)C2)c1)NCCN(C)CCCOC. The molecule has 8 nitrogen and oxygen atoms in total. The second-order valence-electron chi connectivity index (χ2n) is 8.57. The number of guanidine groups is 1. The van der Waals surface area contributed by atoms with Crippen LogP contribution in [0.2, 0.25) is 0 Å². The Kier molecular flexibility index (Phi) is 12.1. The number of ether oxygens (including phenoxy) is 1. The summed E-state index contributed by atoms with van der Waals surface area (Å²) in [5.74, 6) is 0.634. The largest absolute Gasteiger partial charge is 0.385 e. The van der Waals surface area contributed by atoms with Gasteiger partial charge in [0.05, 0.1) is 12.5 Å². The number of rotatable bonds is 13. The van der Waals surface area contributed by atoms with Gasteiger partial charge in [0.15, 0.2) is 5.96 Å². The zero-order valence-electron chi connectivity index (χ0n) is 20.1. The van der Waals surface area contributed by atoms with Gasteiger partial charge in [-0.3, -0.25) is 9.69 Å². The minimum atomic E-state index is -0.178.